The van der Waals surface area contributed by atoms with E-state index in [1.807, 2.05) is 0 Å². The Bertz CT molecular complexity index is 689. The lowest BCUT2D eigenvalue weighted by molar-refractivity contribution is -0.0794. The highest BCUT2D eigenvalue weighted by atomic mass is 16.3. The summed E-state index contributed by atoms with van der Waals surface area (Å²) in [7, 11) is 0. The molecule has 0 aromatic carbocycles. The zero-order valence-corrected chi connectivity index (χ0v) is 18.9. The van der Waals surface area contributed by atoms with Gasteiger partial charge in [0.2, 0.25) is 0 Å². The summed E-state index contributed by atoms with van der Waals surface area (Å²) in [4.78, 5) is 0. The fourth-order valence-corrected chi connectivity index (χ4v) is 7.58. The lowest BCUT2D eigenvalue weighted by atomic mass is 9.47. The zero-order chi connectivity index (χ0) is 20.8. The molecule has 7 atom stereocenters. The van der Waals surface area contributed by atoms with Crippen molar-refractivity contribution in [2.45, 2.75) is 84.7 Å². The molecule has 0 radical (unpaired) electrons. The van der Waals surface area contributed by atoms with E-state index in [0.29, 0.717) is 41.6 Å². The number of hydrogen-bond donors (Lipinski definition) is 2. The van der Waals surface area contributed by atoms with Crippen LogP contribution in [0.3, 0.4) is 0 Å². The summed E-state index contributed by atoms with van der Waals surface area (Å²) < 4.78 is 0. The highest BCUT2D eigenvalue weighted by Crippen LogP contribution is 2.66. The standard InChI is InChI=1S/C27H42O2/c1-18(2)19(3)6-5-7-20-9-11-24-23-10-8-21-16-22(29)12-15-27(21,17-28)25(23)13-14-26(20,24)4/h5,7,10,18,20-22,24-25,28-29H,3,6,8-9,11-17H2,1-2,4H3/b7-5+/t20-,21-,22-,24-,25+,26+,27+/m0/s1. The third-order valence-electron chi connectivity index (χ3n) is 9.69. The van der Waals surface area contributed by atoms with Gasteiger partial charge in [0, 0.05) is 12.0 Å². The van der Waals surface area contributed by atoms with E-state index in [1.165, 1.54) is 31.3 Å². The van der Waals surface area contributed by atoms with Crippen LogP contribution >= 0.6 is 0 Å². The van der Waals surface area contributed by atoms with E-state index in [0.717, 1.165) is 32.1 Å². The van der Waals surface area contributed by atoms with Crippen molar-refractivity contribution in [3.05, 3.63) is 36.0 Å². The molecule has 29 heavy (non-hydrogen) atoms. The molecule has 0 amide bonds. The van der Waals surface area contributed by atoms with Crippen molar-refractivity contribution >= 4 is 0 Å². The Labute approximate surface area is 178 Å². The largest absolute Gasteiger partial charge is 0.396 e. The molecule has 2 nitrogen and oxygen atoms in total. The molecule has 3 fully saturated rings. The predicted molar refractivity (Wildman–Crippen MR) is 120 cm³/mol. The molecule has 3 saturated carbocycles. The maximum absolute atomic E-state index is 10.5. The molecule has 2 heteroatoms. The van der Waals surface area contributed by atoms with Gasteiger partial charge in [0.05, 0.1) is 6.10 Å². The summed E-state index contributed by atoms with van der Waals surface area (Å²) in [5.41, 5.74) is 3.42. The van der Waals surface area contributed by atoms with Gasteiger partial charge in [-0.05, 0) is 92.8 Å². The first-order chi connectivity index (χ1) is 13.8. The summed E-state index contributed by atoms with van der Waals surface area (Å²) in [5.74, 6) is 2.92. The number of hydrogen-bond acceptors (Lipinski definition) is 2. The molecule has 0 saturated heterocycles. The first-order valence-corrected chi connectivity index (χ1v) is 12.1. The SMILES string of the molecule is C=C(C/C=C/[C@H]1CC[C@H]2C3=CC[C@H]4C[C@@H](O)CC[C@]4(CO)[C@@H]3CC[C@]12C)C(C)C. The van der Waals surface area contributed by atoms with E-state index >= 15 is 0 Å². The summed E-state index contributed by atoms with van der Waals surface area (Å²) in [6, 6.07) is 0. The quantitative estimate of drug-likeness (QED) is 0.553. The average Bonchev–Trinajstić information content (AvgIpc) is 3.04. The van der Waals surface area contributed by atoms with Gasteiger partial charge < -0.3 is 10.2 Å². The monoisotopic (exact) mass is 398 g/mol. The van der Waals surface area contributed by atoms with Gasteiger partial charge in [-0.3, -0.25) is 0 Å². The average molecular weight is 399 g/mol. The zero-order valence-electron chi connectivity index (χ0n) is 18.9. The highest BCUT2D eigenvalue weighted by Gasteiger charge is 2.58. The minimum absolute atomic E-state index is 0.0353. The maximum atomic E-state index is 10.5. The van der Waals surface area contributed by atoms with Crippen LogP contribution in [0.15, 0.2) is 36.0 Å². The van der Waals surface area contributed by atoms with Gasteiger partial charge in [-0.2, -0.15) is 0 Å². The van der Waals surface area contributed by atoms with E-state index < -0.39 is 0 Å². The normalized spacial score (nSPS) is 44.3. The summed E-state index contributed by atoms with van der Waals surface area (Å²) >= 11 is 0. The van der Waals surface area contributed by atoms with Crippen molar-refractivity contribution in [3.8, 4) is 0 Å². The maximum Gasteiger partial charge on any atom is 0.0543 e. The second-order valence-electron chi connectivity index (χ2n) is 11.2. The van der Waals surface area contributed by atoms with E-state index in [2.05, 4.69) is 45.6 Å². The molecular formula is C27H42O2. The molecule has 0 heterocycles. The third kappa shape index (κ3) is 3.49. The Morgan fingerprint density at radius 3 is 2.72 bits per heavy atom. The van der Waals surface area contributed by atoms with Gasteiger partial charge in [-0.1, -0.05) is 56.7 Å². The van der Waals surface area contributed by atoms with E-state index in [1.54, 1.807) is 5.57 Å². The Kier molecular flexibility index (Phi) is 5.90. The van der Waals surface area contributed by atoms with E-state index in [-0.39, 0.29) is 11.5 Å². The van der Waals surface area contributed by atoms with Crippen LogP contribution in [-0.4, -0.2) is 22.9 Å². The lowest BCUT2D eigenvalue weighted by Crippen LogP contribution is -2.52. The molecule has 0 bridgehead atoms. The first kappa shape index (κ1) is 21.4. The van der Waals surface area contributed by atoms with Crippen LogP contribution in [0.5, 0.6) is 0 Å². The number of fused-ring (bicyclic) bond motifs is 5. The molecule has 0 spiro atoms. The summed E-state index contributed by atoms with van der Waals surface area (Å²) in [6.45, 7) is 11.5. The molecule has 0 unspecified atom stereocenters. The predicted octanol–water partition coefficient (Wildman–Crippen LogP) is 6.06. The Hall–Kier alpha value is -0.860. The summed E-state index contributed by atoms with van der Waals surface area (Å²) in [5, 5.41) is 20.8. The van der Waals surface area contributed by atoms with Crippen molar-refractivity contribution in [1.82, 2.24) is 0 Å². The first-order valence-electron chi connectivity index (χ1n) is 12.1. The molecule has 4 aliphatic carbocycles. The third-order valence-corrected chi connectivity index (χ3v) is 9.69. The smallest absolute Gasteiger partial charge is 0.0543 e. The molecule has 0 aromatic rings. The van der Waals surface area contributed by atoms with Gasteiger partial charge in [-0.15, -0.1) is 0 Å². The van der Waals surface area contributed by atoms with Crippen LogP contribution in [-0.2, 0) is 0 Å². The Morgan fingerprint density at radius 2 is 2.00 bits per heavy atom. The minimum atomic E-state index is -0.162. The Morgan fingerprint density at radius 1 is 1.21 bits per heavy atom. The second-order valence-corrected chi connectivity index (χ2v) is 11.2. The van der Waals surface area contributed by atoms with Crippen LogP contribution in [0, 0.1) is 40.4 Å². The fourth-order valence-electron chi connectivity index (χ4n) is 7.58. The molecule has 162 valence electrons. The van der Waals surface area contributed by atoms with Crippen molar-refractivity contribution < 1.29 is 10.2 Å². The fraction of sp³-hybridized carbons (Fsp3) is 0.778. The molecular weight excluding hydrogens is 356 g/mol. The van der Waals surface area contributed by atoms with Crippen molar-refractivity contribution in [3.63, 3.8) is 0 Å². The van der Waals surface area contributed by atoms with Crippen LogP contribution in [0.1, 0.15) is 78.6 Å². The van der Waals surface area contributed by atoms with Crippen LogP contribution in [0.4, 0.5) is 0 Å². The van der Waals surface area contributed by atoms with E-state index in [4.69, 9.17) is 0 Å². The van der Waals surface area contributed by atoms with E-state index in [9.17, 15) is 10.2 Å². The van der Waals surface area contributed by atoms with Crippen LogP contribution in [0.2, 0.25) is 0 Å². The summed E-state index contributed by atoms with van der Waals surface area (Å²) in [6.07, 6.45) is 17.2. The number of aliphatic hydroxyl groups is 2. The number of aliphatic hydroxyl groups excluding tert-OH is 2. The molecule has 4 rings (SSSR count). The van der Waals surface area contributed by atoms with Gasteiger partial charge >= 0.3 is 0 Å². The second kappa shape index (κ2) is 8.00. The van der Waals surface area contributed by atoms with Gasteiger partial charge in [-0.25, -0.2) is 0 Å². The van der Waals surface area contributed by atoms with Crippen molar-refractivity contribution in [2.75, 3.05) is 6.61 Å². The molecule has 0 aromatic heterocycles. The van der Waals surface area contributed by atoms with Crippen LogP contribution in [0.25, 0.3) is 0 Å². The molecule has 0 aliphatic heterocycles. The van der Waals surface area contributed by atoms with Gasteiger partial charge in [0.25, 0.3) is 0 Å². The van der Waals surface area contributed by atoms with Crippen LogP contribution < -0.4 is 0 Å². The van der Waals surface area contributed by atoms with Crippen molar-refractivity contribution in [2.24, 2.45) is 40.4 Å². The van der Waals surface area contributed by atoms with Crippen molar-refractivity contribution in [1.29, 1.82) is 0 Å². The topological polar surface area (TPSA) is 40.5 Å². The lowest BCUT2D eigenvalue weighted by Gasteiger charge is -2.58. The van der Waals surface area contributed by atoms with Gasteiger partial charge in [0.1, 0.15) is 0 Å². The molecule has 2 N–H and O–H groups in total. The molecule has 4 aliphatic rings. The Balaban J connectivity index is 1.54. The number of rotatable bonds is 5. The minimum Gasteiger partial charge on any atom is -0.396 e. The number of allylic oxidation sites excluding steroid dienone is 5. The highest BCUT2D eigenvalue weighted by molar-refractivity contribution is 5.29. The van der Waals surface area contributed by atoms with Gasteiger partial charge in [0.15, 0.2) is 0 Å².